The molecular formula is C19H29NO4. The van der Waals surface area contributed by atoms with E-state index in [0.29, 0.717) is 25.9 Å². The number of aryl methyl sites for hydroxylation is 1. The Labute approximate surface area is 144 Å². The highest BCUT2D eigenvalue weighted by Gasteiger charge is 2.13. The number of carbonyl (C=O) groups excluding carboxylic acids is 2. The van der Waals surface area contributed by atoms with E-state index >= 15 is 0 Å². The number of hydrogen-bond donors (Lipinski definition) is 1. The summed E-state index contributed by atoms with van der Waals surface area (Å²) in [6.07, 6.45) is 2.98. The highest BCUT2D eigenvalue weighted by Crippen LogP contribution is 2.12. The molecule has 0 aliphatic carbocycles. The average molecular weight is 335 g/mol. The van der Waals surface area contributed by atoms with Gasteiger partial charge in [-0.3, -0.25) is 9.59 Å². The van der Waals surface area contributed by atoms with Gasteiger partial charge < -0.3 is 14.8 Å². The van der Waals surface area contributed by atoms with Gasteiger partial charge in [-0.25, -0.2) is 0 Å². The van der Waals surface area contributed by atoms with Crippen molar-refractivity contribution >= 4 is 17.6 Å². The summed E-state index contributed by atoms with van der Waals surface area (Å²) in [6, 6.07) is 7.91. The predicted molar refractivity (Wildman–Crippen MR) is 94.9 cm³/mol. The third-order valence-corrected chi connectivity index (χ3v) is 3.51. The number of anilines is 1. The molecule has 0 heterocycles. The van der Waals surface area contributed by atoms with Crippen LogP contribution in [0.25, 0.3) is 0 Å². The molecule has 0 aliphatic heterocycles. The summed E-state index contributed by atoms with van der Waals surface area (Å²) < 4.78 is 10.5. The zero-order valence-corrected chi connectivity index (χ0v) is 15.0. The van der Waals surface area contributed by atoms with Gasteiger partial charge in [0.25, 0.3) is 0 Å². The van der Waals surface area contributed by atoms with E-state index in [9.17, 15) is 9.59 Å². The van der Waals surface area contributed by atoms with Crippen LogP contribution in [0.3, 0.4) is 0 Å². The summed E-state index contributed by atoms with van der Waals surface area (Å²) in [5, 5.41) is 3.34. The molecule has 134 valence electrons. The number of ether oxygens (including phenoxy) is 2. The first-order valence-electron chi connectivity index (χ1n) is 8.69. The number of carbonyl (C=O) groups is 2. The van der Waals surface area contributed by atoms with Crippen LogP contribution < -0.4 is 5.32 Å². The van der Waals surface area contributed by atoms with Crippen molar-refractivity contribution in [2.24, 2.45) is 0 Å². The van der Waals surface area contributed by atoms with Gasteiger partial charge in [0.05, 0.1) is 12.6 Å². The Morgan fingerprint density at radius 3 is 2.17 bits per heavy atom. The average Bonchev–Trinajstić information content (AvgIpc) is 2.55. The zero-order valence-electron chi connectivity index (χ0n) is 15.0. The molecule has 5 heteroatoms. The molecule has 1 unspecified atom stereocenters. The van der Waals surface area contributed by atoms with Gasteiger partial charge in [0.2, 0.25) is 0 Å². The second-order valence-corrected chi connectivity index (χ2v) is 5.90. The lowest BCUT2D eigenvalue weighted by Gasteiger charge is -2.20. The minimum absolute atomic E-state index is 0.0945. The Kier molecular flexibility index (Phi) is 9.58. The lowest BCUT2D eigenvalue weighted by molar-refractivity contribution is -0.146. The van der Waals surface area contributed by atoms with Gasteiger partial charge in [0.15, 0.2) is 0 Å². The van der Waals surface area contributed by atoms with Gasteiger partial charge in [-0.1, -0.05) is 31.5 Å². The summed E-state index contributed by atoms with van der Waals surface area (Å²) in [7, 11) is 0. The Morgan fingerprint density at radius 1 is 1.00 bits per heavy atom. The van der Waals surface area contributed by atoms with E-state index in [1.165, 1.54) is 5.56 Å². The molecule has 24 heavy (non-hydrogen) atoms. The predicted octanol–water partition coefficient (Wildman–Crippen LogP) is 3.85. The van der Waals surface area contributed by atoms with Gasteiger partial charge in [-0.15, -0.1) is 0 Å². The van der Waals surface area contributed by atoms with E-state index < -0.39 is 0 Å². The van der Waals surface area contributed by atoms with Crippen molar-refractivity contribution in [3.63, 3.8) is 0 Å². The van der Waals surface area contributed by atoms with Crippen LogP contribution in [-0.2, 0) is 19.1 Å². The fraction of sp³-hybridized carbons (Fsp3) is 0.579. The molecule has 1 N–H and O–H groups in total. The van der Waals surface area contributed by atoms with Crippen molar-refractivity contribution in [1.82, 2.24) is 0 Å². The highest BCUT2D eigenvalue weighted by molar-refractivity contribution is 5.69. The van der Waals surface area contributed by atoms with E-state index in [4.69, 9.17) is 9.47 Å². The zero-order chi connectivity index (χ0) is 17.8. The molecule has 0 amide bonds. The topological polar surface area (TPSA) is 64.6 Å². The summed E-state index contributed by atoms with van der Waals surface area (Å²) in [6.45, 7) is 6.49. The van der Waals surface area contributed by atoms with E-state index in [2.05, 4.69) is 5.32 Å². The van der Waals surface area contributed by atoms with E-state index in [1.54, 1.807) is 0 Å². The molecule has 1 aromatic rings. The van der Waals surface area contributed by atoms with Crippen molar-refractivity contribution < 1.29 is 19.1 Å². The maximum atomic E-state index is 11.6. The van der Waals surface area contributed by atoms with Crippen LogP contribution in [0.4, 0.5) is 5.69 Å². The lowest BCUT2D eigenvalue weighted by atomic mass is 10.2. The molecule has 0 aliphatic rings. The third-order valence-electron chi connectivity index (χ3n) is 3.51. The van der Waals surface area contributed by atoms with Gasteiger partial charge in [-0.05, 0) is 31.9 Å². The first-order chi connectivity index (χ1) is 11.5. The minimum atomic E-state index is -0.198. The monoisotopic (exact) mass is 335 g/mol. The van der Waals surface area contributed by atoms with Crippen molar-refractivity contribution in [2.45, 2.75) is 58.9 Å². The molecule has 1 rings (SSSR count). The van der Waals surface area contributed by atoms with Crippen molar-refractivity contribution in [3.8, 4) is 0 Å². The van der Waals surface area contributed by atoms with Crippen LogP contribution in [-0.4, -0.2) is 31.2 Å². The summed E-state index contributed by atoms with van der Waals surface area (Å²) >= 11 is 0. The van der Waals surface area contributed by atoms with Crippen LogP contribution in [0.1, 0.15) is 51.5 Å². The molecule has 0 fully saturated rings. The standard InChI is InChI=1S/C19H29NO4/c1-4-6-18(21)23-13-12-17(14-24-19(22)7-5-2)20-16-10-8-15(3)9-11-16/h8-11,17,20H,4-7,12-14H2,1-3H3. The lowest BCUT2D eigenvalue weighted by Crippen LogP contribution is -2.29. The Hall–Kier alpha value is -2.04. The third kappa shape index (κ3) is 8.56. The number of benzene rings is 1. The molecule has 5 nitrogen and oxygen atoms in total. The van der Waals surface area contributed by atoms with Crippen molar-refractivity contribution in [3.05, 3.63) is 29.8 Å². The molecule has 0 radical (unpaired) electrons. The molecule has 1 atom stereocenters. The molecule has 1 aromatic carbocycles. The summed E-state index contributed by atoms with van der Waals surface area (Å²) in [4.78, 5) is 23.0. The van der Waals surface area contributed by atoms with Crippen LogP contribution in [0.5, 0.6) is 0 Å². The van der Waals surface area contributed by atoms with Crippen molar-refractivity contribution in [1.29, 1.82) is 0 Å². The molecule has 0 saturated carbocycles. The molecule has 0 spiro atoms. The van der Waals surface area contributed by atoms with E-state index in [0.717, 1.165) is 18.5 Å². The number of hydrogen-bond acceptors (Lipinski definition) is 5. The van der Waals surface area contributed by atoms with Crippen LogP contribution in [0.15, 0.2) is 24.3 Å². The second-order valence-electron chi connectivity index (χ2n) is 5.90. The fourth-order valence-corrected chi connectivity index (χ4v) is 2.14. The quantitative estimate of drug-likeness (QED) is 0.622. The van der Waals surface area contributed by atoms with Gasteiger partial charge >= 0.3 is 11.9 Å². The van der Waals surface area contributed by atoms with E-state index in [1.807, 2.05) is 45.0 Å². The van der Waals surface area contributed by atoms with E-state index in [-0.39, 0.29) is 24.6 Å². The van der Waals surface area contributed by atoms with Gasteiger partial charge in [0.1, 0.15) is 6.61 Å². The fourth-order valence-electron chi connectivity index (χ4n) is 2.14. The molecule has 0 aromatic heterocycles. The molecular weight excluding hydrogens is 306 g/mol. The molecule has 0 bridgehead atoms. The first-order valence-corrected chi connectivity index (χ1v) is 8.69. The Bertz CT molecular complexity index is 499. The Balaban J connectivity index is 2.52. The SMILES string of the molecule is CCCC(=O)OCCC(COC(=O)CCC)Nc1ccc(C)cc1. The summed E-state index contributed by atoms with van der Waals surface area (Å²) in [5.74, 6) is -0.384. The maximum absolute atomic E-state index is 11.6. The molecule has 0 saturated heterocycles. The normalized spacial score (nSPS) is 11.6. The summed E-state index contributed by atoms with van der Waals surface area (Å²) in [5.41, 5.74) is 2.14. The Morgan fingerprint density at radius 2 is 1.58 bits per heavy atom. The van der Waals surface area contributed by atoms with Crippen LogP contribution in [0.2, 0.25) is 0 Å². The van der Waals surface area contributed by atoms with Crippen LogP contribution in [0, 0.1) is 6.92 Å². The maximum Gasteiger partial charge on any atom is 0.305 e. The number of nitrogens with one attached hydrogen (secondary N) is 1. The second kappa shape index (κ2) is 11.5. The van der Waals surface area contributed by atoms with Gasteiger partial charge in [0, 0.05) is 24.9 Å². The highest BCUT2D eigenvalue weighted by atomic mass is 16.5. The largest absolute Gasteiger partial charge is 0.466 e. The van der Waals surface area contributed by atoms with Crippen LogP contribution >= 0.6 is 0 Å². The van der Waals surface area contributed by atoms with Gasteiger partial charge in [-0.2, -0.15) is 0 Å². The number of esters is 2. The van der Waals surface area contributed by atoms with Crippen molar-refractivity contribution in [2.75, 3.05) is 18.5 Å². The minimum Gasteiger partial charge on any atom is -0.466 e. The number of rotatable bonds is 11. The first kappa shape index (κ1) is 20.0. The smallest absolute Gasteiger partial charge is 0.305 e.